The molecule has 0 bridgehead atoms. The molecule has 1 amide bonds. The van der Waals surface area contributed by atoms with Crippen LogP contribution in [0.15, 0.2) is 82.1 Å². The van der Waals surface area contributed by atoms with Gasteiger partial charge in [-0.1, -0.05) is 54.6 Å². The molecule has 1 atom stereocenters. The van der Waals surface area contributed by atoms with Gasteiger partial charge in [0.25, 0.3) is 5.91 Å². The van der Waals surface area contributed by atoms with Gasteiger partial charge in [0.05, 0.1) is 15.3 Å². The Hall–Kier alpha value is -2.46. The van der Waals surface area contributed by atoms with Gasteiger partial charge in [0.15, 0.2) is 0 Å². The van der Waals surface area contributed by atoms with Crippen LogP contribution in [0, 0.1) is 0 Å². The van der Waals surface area contributed by atoms with Crippen LogP contribution in [0.4, 0.5) is 0 Å². The normalized spacial score (nSPS) is 13.5. The summed E-state index contributed by atoms with van der Waals surface area (Å²) in [6.45, 7) is 0. The van der Waals surface area contributed by atoms with Crippen molar-refractivity contribution in [1.29, 1.82) is 0 Å². The molecule has 0 aromatic heterocycles. The first kappa shape index (κ1) is 14.5. The molecule has 0 aliphatic heterocycles. The van der Waals surface area contributed by atoms with E-state index >= 15 is 0 Å². The topological polar surface area (TPSA) is 46.5 Å². The first-order valence-electron chi connectivity index (χ1n) is 6.87. The van der Waals surface area contributed by atoms with Gasteiger partial charge in [-0.05, 0) is 29.0 Å². The Labute approximate surface area is 129 Å². The average Bonchev–Trinajstić information content (AvgIpc) is 2.54. The summed E-state index contributed by atoms with van der Waals surface area (Å²) in [6, 6.07) is 21.9. The Bertz CT molecular complexity index is 950. The molecule has 0 heterocycles. The van der Waals surface area contributed by atoms with Gasteiger partial charge in [-0.3, -0.25) is 4.79 Å². The Morgan fingerprint density at radius 1 is 0.864 bits per heavy atom. The van der Waals surface area contributed by atoms with E-state index in [0.29, 0.717) is 10.5 Å². The van der Waals surface area contributed by atoms with Gasteiger partial charge in [0.2, 0.25) is 0 Å². The Kier molecular flexibility index (Phi) is 3.77. The summed E-state index contributed by atoms with van der Waals surface area (Å²) in [5.74, 6) is -0.451. The van der Waals surface area contributed by atoms with E-state index in [0.717, 1.165) is 10.8 Å². The second-order valence-electron chi connectivity index (χ2n) is 5.04. The molecule has 22 heavy (non-hydrogen) atoms. The van der Waals surface area contributed by atoms with Crippen molar-refractivity contribution in [2.24, 2.45) is 4.36 Å². The van der Waals surface area contributed by atoms with Crippen LogP contribution in [-0.4, -0.2) is 16.4 Å². The quantitative estimate of drug-likeness (QED) is 0.714. The molecule has 3 rings (SSSR count). The lowest BCUT2D eigenvalue weighted by atomic mass is 10.0. The van der Waals surface area contributed by atoms with E-state index in [1.165, 1.54) is 6.26 Å². The number of amides is 1. The molecular weight excluding hydrogens is 294 g/mol. The van der Waals surface area contributed by atoms with Crippen LogP contribution in [0.25, 0.3) is 10.8 Å². The molecule has 0 aliphatic carbocycles. The highest BCUT2D eigenvalue weighted by Gasteiger charge is 2.13. The summed E-state index contributed by atoms with van der Waals surface area (Å²) < 4.78 is 16.7. The molecule has 3 aromatic rings. The number of hydrogen-bond donors (Lipinski definition) is 0. The molecule has 4 heteroatoms. The molecule has 0 N–H and O–H groups in total. The number of fused-ring (bicyclic) bond motifs is 1. The van der Waals surface area contributed by atoms with Crippen molar-refractivity contribution in [2.75, 3.05) is 6.26 Å². The van der Waals surface area contributed by atoms with E-state index in [-0.39, 0.29) is 0 Å². The van der Waals surface area contributed by atoms with Crippen LogP contribution in [0.2, 0.25) is 0 Å². The predicted octanol–water partition coefficient (Wildman–Crippen LogP) is 4.14. The maximum Gasteiger partial charge on any atom is 0.285 e. The van der Waals surface area contributed by atoms with Crippen molar-refractivity contribution in [3.8, 4) is 0 Å². The summed E-state index contributed by atoms with van der Waals surface area (Å²) in [7, 11) is -2.75. The van der Waals surface area contributed by atoms with Crippen LogP contribution in [0.3, 0.4) is 0 Å². The zero-order valence-electron chi connectivity index (χ0n) is 12.1. The molecule has 3 aromatic carbocycles. The van der Waals surface area contributed by atoms with Crippen molar-refractivity contribution < 1.29 is 9.00 Å². The van der Waals surface area contributed by atoms with Gasteiger partial charge in [-0.15, -0.1) is 0 Å². The van der Waals surface area contributed by atoms with Crippen molar-refractivity contribution in [2.45, 2.75) is 4.90 Å². The number of carbonyl (C=O) groups is 1. The maximum atomic E-state index is 12.7. The smallest absolute Gasteiger partial charge is 0.266 e. The fourth-order valence-corrected chi connectivity index (χ4v) is 3.53. The van der Waals surface area contributed by atoms with E-state index in [4.69, 9.17) is 0 Å². The first-order valence-corrected chi connectivity index (χ1v) is 8.79. The molecule has 0 spiro atoms. The monoisotopic (exact) mass is 309 g/mol. The zero-order chi connectivity index (χ0) is 15.6. The summed E-state index contributed by atoms with van der Waals surface area (Å²) in [6.07, 6.45) is 1.49. The molecule has 110 valence electrons. The summed E-state index contributed by atoms with van der Waals surface area (Å²) in [5.41, 5.74) is 0.476. The third-order valence-electron chi connectivity index (χ3n) is 3.46. The summed E-state index contributed by atoms with van der Waals surface area (Å²) >= 11 is 0. The van der Waals surface area contributed by atoms with Gasteiger partial charge in [0.1, 0.15) is 0 Å². The number of carbonyl (C=O) groups excluding carboxylic acids is 1. The summed E-state index contributed by atoms with van der Waals surface area (Å²) in [5, 5.41) is 1.79. The number of rotatable bonds is 2. The van der Waals surface area contributed by atoms with Crippen LogP contribution in [0.5, 0.6) is 0 Å². The highest BCUT2D eigenvalue weighted by molar-refractivity contribution is 7.93. The van der Waals surface area contributed by atoms with Gasteiger partial charge >= 0.3 is 0 Å². The lowest BCUT2D eigenvalue weighted by Crippen LogP contribution is -2.04. The van der Waals surface area contributed by atoms with Crippen molar-refractivity contribution in [3.63, 3.8) is 0 Å². The second kappa shape index (κ2) is 5.73. The maximum absolute atomic E-state index is 12.7. The Morgan fingerprint density at radius 2 is 1.50 bits per heavy atom. The molecule has 1 unspecified atom stereocenters. The van der Waals surface area contributed by atoms with E-state index < -0.39 is 15.6 Å². The fourth-order valence-electron chi connectivity index (χ4n) is 2.34. The number of benzene rings is 3. The number of hydrogen-bond acceptors (Lipinski definition) is 2. The first-order chi connectivity index (χ1) is 10.6. The highest BCUT2D eigenvalue weighted by Crippen LogP contribution is 2.20. The third kappa shape index (κ3) is 2.78. The van der Waals surface area contributed by atoms with Crippen LogP contribution in [-0.2, 0) is 9.73 Å². The molecule has 3 nitrogen and oxygen atoms in total. The van der Waals surface area contributed by atoms with Gasteiger partial charge in [-0.25, -0.2) is 4.21 Å². The average molecular weight is 309 g/mol. The standard InChI is InChI=1S/C18H15NO2S/c1-22(21,15-10-3-2-4-11-15)19-18(20)17-13-7-9-14-8-5-6-12-16(14)17/h2-13H,1H3. The van der Waals surface area contributed by atoms with Crippen molar-refractivity contribution in [3.05, 3.63) is 78.4 Å². The van der Waals surface area contributed by atoms with Crippen LogP contribution < -0.4 is 0 Å². The largest absolute Gasteiger partial charge is 0.285 e. The van der Waals surface area contributed by atoms with Crippen molar-refractivity contribution >= 4 is 26.4 Å². The minimum atomic E-state index is -2.75. The molecule has 0 aliphatic rings. The molecule has 0 fully saturated rings. The fraction of sp³-hybridized carbons (Fsp3) is 0.0556. The Morgan fingerprint density at radius 3 is 2.27 bits per heavy atom. The molecule has 0 radical (unpaired) electrons. The van der Waals surface area contributed by atoms with E-state index in [1.807, 2.05) is 42.5 Å². The zero-order valence-corrected chi connectivity index (χ0v) is 12.9. The van der Waals surface area contributed by atoms with E-state index in [9.17, 15) is 9.00 Å². The van der Waals surface area contributed by atoms with Gasteiger partial charge in [-0.2, -0.15) is 4.36 Å². The highest BCUT2D eigenvalue weighted by atomic mass is 32.2. The molecular formula is C18H15NO2S. The predicted molar refractivity (Wildman–Crippen MR) is 89.5 cm³/mol. The number of nitrogens with zero attached hydrogens (tertiary/aromatic N) is 1. The van der Waals surface area contributed by atoms with Crippen LogP contribution in [0.1, 0.15) is 10.4 Å². The van der Waals surface area contributed by atoms with Crippen molar-refractivity contribution in [1.82, 2.24) is 0 Å². The Balaban J connectivity index is 2.11. The van der Waals surface area contributed by atoms with Crippen LogP contribution >= 0.6 is 0 Å². The second-order valence-corrected chi connectivity index (χ2v) is 7.30. The van der Waals surface area contributed by atoms with E-state index in [1.54, 1.807) is 30.3 Å². The summed E-state index contributed by atoms with van der Waals surface area (Å²) in [4.78, 5) is 13.1. The van der Waals surface area contributed by atoms with E-state index in [2.05, 4.69) is 4.36 Å². The molecule has 0 saturated carbocycles. The minimum absolute atomic E-state index is 0.451. The molecule has 0 saturated heterocycles. The lowest BCUT2D eigenvalue weighted by Gasteiger charge is -2.06. The van der Waals surface area contributed by atoms with Gasteiger partial charge < -0.3 is 0 Å². The SMILES string of the molecule is CS(=O)(=NC(=O)c1cccc2ccccc12)c1ccccc1. The third-order valence-corrected chi connectivity index (χ3v) is 5.12. The van der Waals surface area contributed by atoms with Gasteiger partial charge in [0, 0.05) is 11.2 Å². The lowest BCUT2D eigenvalue weighted by molar-refractivity contribution is 0.101. The minimum Gasteiger partial charge on any atom is -0.266 e.